The maximum atomic E-state index is 13.9. The minimum atomic E-state index is -1.08. The summed E-state index contributed by atoms with van der Waals surface area (Å²) in [4.78, 5) is 36.8. The molecule has 2 N–H and O–H groups in total. The van der Waals surface area contributed by atoms with Crippen LogP contribution in [0, 0.1) is 15.9 Å². The Hall–Kier alpha value is -3.63. The topological polar surface area (TPSA) is 130 Å². The molecule has 1 fully saturated rings. The smallest absolute Gasteiger partial charge is 0.295 e. The summed E-state index contributed by atoms with van der Waals surface area (Å²) in [6.07, 6.45) is 0. The summed E-state index contributed by atoms with van der Waals surface area (Å²) in [5, 5.41) is 30.5. The molecule has 162 valence electrons. The molecule has 0 aliphatic carbocycles. The van der Waals surface area contributed by atoms with Crippen LogP contribution >= 0.6 is 0 Å². The predicted octanol–water partition coefficient (Wildman–Crippen LogP) is 2.16. The highest BCUT2D eigenvalue weighted by molar-refractivity contribution is 6.46. The molecule has 2 aromatic carbocycles. The lowest BCUT2D eigenvalue weighted by atomic mass is 9.95. The van der Waals surface area contributed by atoms with Crippen LogP contribution in [0.25, 0.3) is 5.76 Å². The lowest BCUT2D eigenvalue weighted by Gasteiger charge is -2.25. The summed E-state index contributed by atoms with van der Waals surface area (Å²) in [7, 11) is 0. The van der Waals surface area contributed by atoms with E-state index < -0.39 is 34.2 Å². The Kier molecular flexibility index (Phi) is 6.73. The highest BCUT2D eigenvalue weighted by Gasteiger charge is 2.46. The fourth-order valence-electron chi connectivity index (χ4n) is 3.36. The first kappa shape index (κ1) is 22.1. The monoisotopic (exact) mass is 430 g/mol. The number of nitro benzene ring substituents is 1. The Morgan fingerprint density at radius 2 is 1.87 bits per heavy atom. The average molecular weight is 430 g/mol. The molecule has 0 bridgehead atoms. The maximum Gasteiger partial charge on any atom is 0.295 e. The fourth-order valence-corrected chi connectivity index (χ4v) is 3.36. The number of nitro groups is 1. The number of carbonyl (C=O) groups is 2. The molecule has 0 unspecified atom stereocenters. The number of non-ortho nitro benzene ring substituents is 1. The van der Waals surface area contributed by atoms with Crippen molar-refractivity contribution in [1.82, 2.24) is 4.90 Å². The van der Waals surface area contributed by atoms with Gasteiger partial charge in [-0.05, 0) is 29.8 Å². The number of likely N-dealkylation sites (tertiary alicyclic amines) is 1. The van der Waals surface area contributed by atoms with Crippen LogP contribution in [0.2, 0.25) is 0 Å². The van der Waals surface area contributed by atoms with Crippen LogP contribution in [-0.2, 0) is 14.3 Å². The van der Waals surface area contributed by atoms with Gasteiger partial charge in [0.05, 0.1) is 36.4 Å². The van der Waals surface area contributed by atoms with Gasteiger partial charge in [-0.1, -0.05) is 12.1 Å². The molecular formula is C21H19FN2O7. The number of hydrogen-bond acceptors (Lipinski definition) is 7. The Morgan fingerprint density at radius 3 is 2.48 bits per heavy atom. The summed E-state index contributed by atoms with van der Waals surface area (Å²) in [5.74, 6) is -2.98. The molecule has 1 atom stereocenters. The highest BCUT2D eigenvalue weighted by atomic mass is 19.1. The van der Waals surface area contributed by atoms with E-state index in [1.54, 1.807) is 0 Å². The minimum absolute atomic E-state index is 0.0109. The number of rotatable bonds is 8. The summed E-state index contributed by atoms with van der Waals surface area (Å²) in [6.45, 7) is -0.205. The third kappa shape index (κ3) is 4.60. The molecular weight excluding hydrogens is 411 g/mol. The van der Waals surface area contributed by atoms with Crippen LogP contribution < -0.4 is 0 Å². The van der Waals surface area contributed by atoms with Gasteiger partial charge in [0.2, 0.25) is 0 Å². The SMILES string of the molecule is O=C1C(=O)N(CCOCCO)[C@H](c2cccc(F)c2)/C1=C(\O)c1ccc([N+](=O)[O-])cc1. The van der Waals surface area contributed by atoms with Gasteiger partial charge >= 0.3 is 0 Å². The minimum Gasteiger partial charge on any atom is -0.507 e. The molecule has 1 amide bonds. The molecule has 1 aliphatic rings. The lowest BCUT2D eigenvalue weighted by Crippen LogP contribution is -2.33. The molecule has 2 aromatic rings. The van der Waals surface area contributed by atoms with E-state index in [2.05, 4.69) is 0 Å². The quantitative estimate of drug-likeness (QED) is 0.164. The molecule has 0 aromatic heterocycles. The number of ether oxygens (including phenoxy) is 1. The van der Waals surface area contributed by atoms with Crippen molar-refractivity contribution in [2.45, 2.75) is 6.04 Å². The first-order valence-corrected chi connectivity index (χ1v) is 9.32. The van der Waals surface area contributed by atoms with Gasteiger partial charge in [0.1, 0.15) is 11.6 Å². The Labute approximate surface area is 176 Å². The number of aliphatic hydroxyl groups excluding tert-OH is 2. The van der Waals surface area contributed by atoms with Gasteiger partial charge in [0.25, 0.3) is 17.4 Å². The number of nitrogens with zero attached hydrogens (tertiary/aromatic N) is 2. The number of halogens is 1. The molecule has 0 saturated carbocycles. The average Bonchev–Trinajstić information content (AvgIpc) is 3.01. The van der Waals surface area contributed by atoms with Gasteiger partial charge < -0.3 is 19.8 Å². The van der Waals surface area contributed by atoms with Crippen molar-refractivity contribution in [3.63, 3.8) is 0 Å². The standard InChI is InChI=1S/C21H19FN2O7/c22-15-3-1-2-14(12-15)18-17(19(26)13-4-6-16(7-5-13)24(29)30)20(27)21(28)23(18)8-10-31-11-9-25/h1-7,12,18,25-26H,8-11H2/b19-17+/t18-/m1/s1. The van der Waals surface area contributed by atoms with E-state index >= 15 is 0 Å². The van der Waals surface area contributed by atoms with E-state index in [9.17, 15) is 29.2 Å². The molecule has 9 nitrogen and oxygen atoms in total. The Morgan fingerprint density at radius 1 is 1.16 bits per heavy atom. The van der Waals surface area contributed by atoms with Crippen LogP contribution in [0.3, 0.4) is 0 Å². The predicted molar refractivity (Wildman–Crippen MR) is 106 cm³/mol. The maximum absolute atomic E-state index is 13.9. The molecule has 3 rings (SSSR count). The van der Waals surface area contributed by atoms with E-state index in [1.807, 2.05) is 0 Å². The first-order valence-electron chi connectivity index (χ1n) is 9.32. The van der Waals surface area contributed by atoms with Crippen molar-refractivity contribution in [3.05, 3.63) is 81.2 Å². The second-order valence-corrected chi connectivity index (χ2v) is 6.69. The van der Waals surface area contributed by atoms with Gasteiger partial charge in [-0.3, -0.25) is 19.7 Å². The number of carbonyl (C=O) groups excluding carboxylic acids is 2. The molecule has 31 heavy (non-hydrogen) atoms. The number of ketones is 1. The molecule has 1 saturated heterocycles. The van der Waals surface area contributed by atoms with Crippen molar-refractivity contribution in [1.29, 1.82) is 0 Å². The molecule has 1 heterocycles. The van der Waals surface area contributed by atoms with Gasteiger partial charge in [-0.15, -0.1) is 0 Å². The first-order chi connectivity index (χ1) is 14.8. The third-order valence-corrected chi connectivity index (χ3v) is 4.77. The van der Waals surface area contributed by atoms with Gasteiger partial charge in [-0.25, -0.2) is 4.39 Å². The number of amides is 1. The van der Waals surface area contributed by atoms with Gasteiger partial charge in [0.15, 0.2) is 0 Å². The molecule has 10 heteroatoms. The van der Waals surface area contributed by atoms with Crippen LogP contribution in [0.4, 0.5) is 10.1 Å². The number of hydrogen-bond donors (Lipinski definition) is 2. The van der Waals surface area contributed by atoms with Crippen molar-refractivity contribution in [2.75, 3.05) is 26.4 Å². The zero-order valence-electron chi connectivity index (χ0n) is 16.2. The number of aliphatic hydroxyl groups is 2. The van der Waals surface area contributed by atoms with E-state index in [0.29, 0.717) is 0 Å². The van der Waals surface area contributed by atoms with Crippen LogP contribution in [0.5, 0.6) is 0 Å². The summed E-state index contributed by atoms with van der Waals surface area (Å²) in [6, 6.07) is 9.04. The summed E-state index contributed by atoms with van der Waals surface area (Å²) in [5.41, 5.74) is -0.0994. The second kappa shape index (κ2) is 9.45. The van der Waals surface area contributed by atoms with Crippen LogP contribution in [0.15, 0.2) is 54.1 Å². The van der Waals surface area contributed by atoms with Crippen molar-refractivity contribution < 1.29 is 33.9 Å². The van der Waals surface area contributed by atoms with Crippen LogP contribution in [0.1, 0.15) is 17.2 Å². The summed E-state index contributed by atoms with van der Waals surface area (Å²) >= 11 is 0. The largest absolute Gasteiger partial charge is 0.507 e. The second-order valence-electron chi connectivity index (χ2n) is 6.69. The van der Waals surface area contributed by atoms with Crippen molar-refractivity contribution in [2.24, 2.45) is 0 Å². The summed E-state index contributed by atoms with van der Waals surface area (Å²) < 4.78 is 19.1. The van der Waals surface area contributed by atoms with Crippen molar-refractivity contribution in [3.8, 4) is 0 Å². The Balaban J connectivity index is 2.06. The fraction of sp³-hybridized carbons (Fsp3) is 0.238. The highest BCUT2D eigenvalue weighted by Crippen LogP contribution is 2.39. The molecule has 1 aliphatic heterocycles. The van der Waals surface area contributed by atoms with Gasteiger partial charge in [0, 0.05) is 24.2 Å². The van der Waals surface area contributed by atoms with E-state index in [0.717, 1.165) is 23.1 Å². The normalized spacial score (nSPS) is 17.9. The van der Waals surface area contributed by atoms with Gasteiger partial charge in [-0.2, -0.15) is 0 Å². The lowest BCUT2D eigenvalue weighted by molar-refractivity contribution is -0.384. The van der Waals surface area contributed by atoms with E-state index in [4.69, 9.17) is 9.84 Å². The zero-order chi connectivity index (χ0) is 22.5. The molecule has 0 spiro atoms. The number of benzene rings is 2. The number of Topliss-reactive ketones (excluding diaryl/α,β-unsaturated/α-hetero) is 1. The molecule has 0 radical (unpaired) electrons. The third-order valence-electron chi connectivity index (χ3n) is 4.77. The zero-order valence-corrected chi connectivity index (χ0v) is 16.2. The Bertz CT molecular complexity index is 1040. The van der Waals surface area contributed by atoms with E-state index in [1.165, 1.54) is 30.3 Å². The van der Waals surface area contributed by atoms with Crippen LogP contribution in [-0.4, -0.2) is 58.1 Å². The van der Waals surface area contributed by atoms with Crippen molar-refractivity contribution >= 4 is 23.1 Å². The van der Waals surface area contributed by atoms with E-state index in [-0.39, 0.29) is 48.8 Å².